The molecule has 54 valence electrons. The number of hydrogen-bond acceptors (Lipinski definition) is 2. The number of allylic oxidation sites excluding steroid dienone is 1. The van der Waals surface area contributed by atoms with Crippen molar-refractivity contribution in [1.29, 1.82) is 0 Å². The van der Waals surface area contributed by atoms with Crippen LogP contribution in [0.1, 0.15) is 13.8 Å². The van der Waals surface area contributed by atoms with Gasteiger partial charge in [0.1, 0.15) is 0 Å². The summed E-state index contributed by atoms with van der Waals surface area (Å²) in [6.45, 7) is 3.47. The van der Waals surface area contributed by atoms with Gasteiger partial charge in [-0.3, -0.25) is 14.9 Å². The van der Waals surface area contributed by atoms with Gasteiger partial charge in [0.05, 0.1) is 5.92 Å². The Balaban J connectivity index is 2.95. The maximum absolute atomic E-state index is 10.8. The average molecular weight is 139 g/mol. The lowest BCUT2D eigenvalue weighted by Gasteiger charge is -1.94. The van der Waals surface area contributed by atoms with Crippen molar-refractivity contribution in [2.45, 2.75) is 13.8 Å². The highest BCUT2D eigenvalue weighted by Crippen LogP contribution is 2.16. The van der Waals surface area contributed by atoms with E-state index in [4.69, 9.17) is 0 Å². The molecule has 0 unspecified atom stereocenters. The first-order chi connectivity index (χ1) is 4.66. The molecule has 0 aromatic carbocycles. The summed E-state index contributed by atoms with van der Waals surface area (Å²) < 4.78 is 0. The van der Waals surface area contributed by atoms with Crippen molar-refractivity contribution in [3.63, 3.8) is 0 Å². The van der Waals surface area contributed by atoms with Gasteiger partial charge in [0, 0.05) is 5.57 Å². The van der Waals surface area contributed by atoms with Crippen LogP contribution in [0.4, 0.5) is 0 Å². The zero-order valence-corrected chi connectivity index (χ0v) is 5.97. The van der Waals surface area contributed by atoms with Gasteiger partial charge in [-0.1, -0.05) is 6.08 Å². The molecule has 1 atom stereocenters. The fraction of sp³-hybridized carbons (Fsp3) is 0.429. The van der Waals surface area contributed by atoms with E-state index in [0.29, 0.717) is 5.57 Å². The number of rotatable bonds is 0. The molecular weight excluding hydrogens is 130 g/mol. The van der Waals surface area contributed by atoms with E-state index in [-0.39, 0.29) is 17.7 Å². The van der Waals surface area contributed by atoms with Gasteiger partial charge in [0.15, 0.2) is 0 Å². The minimum Gasteiger partial charge on any atom is -0.292 e. The standard InChI is InChI=1S/C7H9NO2/c1-3-5-4(2)6(9)8-7(5)10/h3-4H,1-2H3,(H,8,9,10)/b5-3-/t4-/m1/s1. The lowest BCUT2D eigenvalue weighted by Crippen LogP contribution is -2.21. The summed E-state index contributed by atoms with van der Waals surface area (Å²) in [7, 11) is 0. The summed E-state index contributed by atoms with van der Waals surface area (Å²) in [5, 5.41) is 2.22. The maximum atomic E-state index is 10.8. The lowest BCUT2D eigenvalue weighted by atomic mass is 10.0. The maximum Gasteiger partial charge on any atom is 0.254 e. The van der Waals surface area contributed by atoms with E-state index < -0.39 is 0 Å². The molecule has 1 rings (SSSR count). The molecular formula is C7H9NO2. The Hall–Kier alpha value is -1.12. The highest BCUT2D eigenvalue weighted by Gasteiger charge is 2.31. The van der Waals surface area contributed by atoms with Gasteiger partial charge in [-0.25, -0.2) is 0 Å². The molecule has 0 radical (unpaired) electrons. The van der Waals surface area contributed by atoms with Gasteiger partial charge in [-0.05, 0) is 13.8 Å². The minimum atomic E-state index is -0.266. The van der Waals surface area contributed by atoms with E-state index in [1.807, 2.05) is 0 Å². The monoisotopic (exact) mass is 139 g/mol. The SMILES string of the molecule is C/C=C1\C(=O)NC(=O)[C@@H]1C. The van der Waals surface area contributed by atoms with Crippen LogP contribution in [0.15, 0.2) is 11.6 Å². The van der Waals surface area contributed by atoms with E-state index >= 15 is 0 Å². The summed E-state index contributed by atoms with van der Waals surface area (Å²) in [5.41, 5.74) is 0.574. The molecule has 3 nitrogen and oxygen atoms in total. The first-order valence-electron chi connectivity index (χ1n) is 3.18. The predicted molar refractivity (Wildman–Crippen MR) is 36.1 cm³/mol. The summed E-state index contributed by atoms with van der Waals surface area (Å²) in [6, 6.07) is 0. The van der Waals surface area contributed by atoms with Crippen molar-refractivity contribution >= 4 is 11.8 Å². The summed E-state index contributed by atoms with van der Waals surface area (Å²) in [5.74, 6) is -0.712. The highest BCUT2D eigenvalue weighted by atomic mass is 16.2. The normalized spacial score (nSPS) is 29.4. The molecule has 1 saturated heterocycles. The number of amides is 2. The van der Waals surface area contributed by atoms with Crippen molar-refractivity contribution in [1.82, 2.24) is 5.32 Å². The molecule has 1 aliphatic rings. The van der Waals surface area contributed by atoms with Gasteiger partial charge in [-0.15, -0.1) is 0 Å². The average Bonchev–Trinajstić information content (AvgIpc) is 2.09. The van der Waals surface area contributed by atoms with Crippen LogP contribution in [0.25, 0.3) is 0 Å². The van der Waals surface area contributed by atoms with Crippen LogP contribution in [-0.4, -0.2) is 11.8 Å². The van der Waals surface area contributed by atoms with Crippen LogP contribution < -0.4 is 5.32 Å². The smallest absolute Gasteiger partial charge is 0.254 e. The Morgan fingerprint density at radius 1 is 1.50 bits per heavy atom. The fourth-order valence-electron chi connectivity index (χ4n) is 1.01. The van der Waals surface area contributed by atoms with Crippen molar-refractivity contribution in [2.24, 2.45) is 5.92 Å². The van der Waals surface area contributed by atoms with E-state index in [2.05, 4.69) is 5.32 Å². The molecule has 0 saturated carbocycles. The van der Waals surface area contributed by atoms with Crippen LogP contribution in [0.5, 0.6) is 0 Å². The zero-order valence-electron chi connectivity index (χ0n) is 5.97. The Morgan fingerprint density at radius 3 is 2.30 bits per heavy atom. The van der Waals surface area contributed by atoms with Gasteiger partial charge in [0.25, 0.3) is 5.91 Å². The summed E-state index contributed by atoms with van der Waals surface area (Å²) in [6.07, 6.45) is 1.67. The Kier molecular flexibility index (Phi) is 1.57. The van der Waals surface area contributed by atoms with Gasteiger partial charge < -0.3 is 0 Å². The highest BCUT2D eigenvalue weighted by molar-refractivity contribution is 6.14. The molecule has 1 fully saturated rings. The van der Waals surface area contributed by atoms with E-state index in [9.17, 15) is 9.59 Å². The number of imide groups is 1. The molecule has 1 heterocycles. The Labute approximate surface area is 59.1 Å². The van der Waals surface area contributed by atoms with Crippen LogP contribution in [0.2, 0.25) is 0 Å². The predicted octanol–water partition coefficient (Wildman–Crippen LogP) is 0.225. The van der Waals surface area contributed by atoms with Gasteiger partial charge >= 0.3 is 0 Å². The van der Waals surface area contributed by atoms with Gasteiger partial charge in [-0.2, -0.15) is 0 Å². The third kappa shape index (κ3) is 0.835. The van der Waals surface area contributed by atoms with Crippen molar-refractivity contribution in [2.75, 3.05) is 0 Å². The second-order valence-corrected chi connectivity index (χ2v) is 2.28. The number of hydrogen-bond donors (Lipinski definition) is 1. The number of carbonyl (C=O) groups is 2. The summed E-state index contributed by atoms with van der Waals surface area (Å²) in [4.78, 5) is 21.6. The molecule has 0 aliphatic carbocycles. The van der Waals surface area contributed by atoms with E-state index in [1.54, 1.807) is 19.9 Å². The van der Waals surface area contributed by atoms with Crippen LogP contribution in [-0.2, 0) is 9.59 Å². The molecule has 1 aliphatic heterocycles. The fourth-order valence-corrected chi connectivity index (χ4v) is 1.01. The molecule has 3 heteroatoms. The molecule has 0 aromatic rings. The van der Waals surface area contributed by atoms with E-state index in [0.717, 1.165) is 0 Å². The van der Waals surface area contributed by atoms with Crippen LogP contribution in [0, 0.1) is 5.92 Å². The number of carbonyl (C=O) groups excluding carboxylic acids is 2. The first kappa shape index (κ1) is 6.99. The largest absolute Gasteiger partial charge is 0.292 e. The third-order valence-corrected chi connectivity index (χ3v) is 1.67. The second kappa shape index (κ2) is 2.25. The molecule has 2 amide bonds. The van der Waals surface area contributed by atoms with Crippen LogP contribution in [0.3, 0.4) is 0 Å². The van der Waals surface area contributed by atoms with Crippen molar-refractivity contribution in [3.8, 4) is 0 Å². The third-order valence-electron chi connectivity index (χ3n) is 1.67. The second-order valence-electron chi connectivity index (χ2n) is 2.28. The minimum absolute atomic E-state index is 0.196. The molecule has 10 heavy (non-hydrogen) atoms. The molecule has 0 spiro atoms. The van der Waals surface area contributed by atoms with Crippen molar-refractivity contribution < 1.29 is 9.59 Å². The molecule has 1 N–H and O–H groups in total. The Morgan fingerprint density at radius 2 is 2.10 bits per heavy atom. The van der Waals surface area contributed by atoms with Crippen molar-refractivity contribution in [3.05, 3.63) is 11.6 Å². The number of nitrogens with one attached hydrogen (secondary N) is 1. The molecule has 0 aromatic heterocycles. The van der Waals surface area contributed by atoms with Gasteiger partial charge in [0.2, 0.25) is 5.91 Å². The first-order valence-corrected chi connectivity index (χ1v) is 3.18. The topological polar surface area (TPSA) is 46.2 Å². The zero-order chi connectivity index (χ0) is 7.72. The summed E-state index contributed by atoms with van der Waals surface area (Å²) >= 11 is 0. The lowest BCUT2D eigenvalue weighted by molar-refractivity contribution is -0.125. The quantitative estimate of drug-likeness (QED) is 0.385. The van der Waals surface area contributed by atoms with E-state index in [1.165, 1.54) is 0 Å². The molecule has 0 bridgehead atoms. The Bertz CT molecular complexity index is 218. The van der Waals surface area contributed by atoms with Crippen LogP contribution >= 0.6 is 0 Å².